The summed E-state index contributed by atoms with van der Waals surface area (Å²) in [5, 5.41) is 18.9. The van der Waals surface area contributed by atoms with E-state index in [9.17, 15) is 23.2 Å². The fourth-order valence-electron chi connectivity index (χ4n) is 3.89. The van der Waals surface area contributed by atoms with Crippen LogP contribution in [0.5, 0.6) is 0 Å². The van der Waals surface area contributed by atoms with E-state index in [1.165, 1.54) is 22.9 Å². The lowest BCUT2D eigenvalue weighted by Gasteiger charge is -2.23. The number of benzene rings is 1. The molecular weight excluding hydrogens is 487 g/mol. The van der Waals surface area contributed by atoms with Gasteiger partial charge in [-0.15, -0.1) is 0 Å². The number of rotatable bonds is 6. The number of anilines is 2. The molecule has 3 aromatic heterocycles. The van der Waals surface area contributed by atoms with E-state index in [2.05, 4.69) is 30.5 Å². The number of nitriles is 1. The lowest BCUT2D eigenvalue weighted by molar-refractivity contribution is 0.146. The second-order valence-corrected chi connectivity index (χ2v) is 8.28. The van der Waals surface area contributed by atoms with Crippen molar-refractivity contribution >= 4 is 34.3 Å². The second kappa shape index (κ2) is 8.55. The Morgan fingerprint density at radius 1 is 1.26 bits per heavy atom. The molecule has 1 saturated carbocycles. The Kier molecular flexibility index (Phi) is 5.52. The van der Waals surface area contributed by atoms with E-state index < -0.39 is 41.0 Å². The van der Waals surface area contributed by atoms with Crippen molar-refractivity contribution in [3.8, 4) is 11.9 Å². The first kappa shape index (κ1) is 22.6. The summed E-state index contributed by atoms with van der Waals surface area (Å²) in [6.45, 7) is 0. The van der Waals surface area contributed by atoms with E-state index in [0.717, 1.165) is 6.07 Å². The molecule has 1 unspecified atom stereocenters. The van der Waals surface area contributed by atoms with Crippen LogP contribution in [0.25, 0.3) is 16.7 Å². The van der Waals surface area contributed by atoms with E-state index in [1.54, 1.807) is 6.07 Å². The molecule has 35 heavy (non-hydrogen) atoms. The van der Waals surface area contributed by atoms with E-state index in [1.807, 2.05) is 0 Å². The number of H-pyrrole nitrogens is 1. The van der Waals surface area contributed by atoms with Gasteiger partial charge in [-0.3, -0.25) is 9.89 Å². The Morgan fingerprint density at radius 3 is 2.66 bits per heavy atom. The lowest BCUT2D eigenvalue weighted by atomic mass is 10.1. The summed E-state index contributed by atoms with van der Waals surface area (Å²) in [5.74, 6) is -1.33. The average Bonchev–Trinajstić information content (AvgIpc) is 3.52. The Hall–Kier alpha value is -4.18. The number of hydrogen-bond donors (Lipinski definition) is 3. The van der Waals surface area contributed by atoms with Crippen LogP contribution in [0.2, 0.25) is 5.02 Å². The van der Waals surface area contributed by atoms with Crippen LogP contribution in [0.15, 0.2) is 29.2 Å². The molecule has 4 N–H and O–H groups in total. The molecule has 1 aliphatic carbocycles. The maximum absolute atomic E-state index is 14.7. The summed E-state index contributed by atoms with van der Waals surface area (Å²) in [6.07, 6.45) is -0.280. The predicted octanol–water partition coefficient (Wildman–Crippen LogP) is 3.65. The second-order valence-electron chi connectivity index (χ2n) is 7.87. The van der Waals surface area contributed by atoms with Gasteiger partial charge in [0.05, 0.1) is 22.6 Å². The van der Waals surface area contributed by atoms with Crippen molar-refractivity contribution in [3.63, 3.8) is 0 Å². The molecule has 1 fully saturated rings. The Bertz CT molecular complexity index is 1540. The molecule has 1 aliphatic rings. The summed E-state index contributed by atoms with van der Waals surface area (Å²) in [7, 11) is 0. The number of fused-ring (bicyclic) bond motifs is 1. The molecule has 4 aromatic rings. The zero-order chi connectivity index (χ0) is 24.9. The first-order chi connectivity index (χ1) is 16.8. The summed E-state index contributed by atoms with van der Waals surface area (Å²) in [6, 6.07) is 4.70. The standard InChI is InChI=1S/C21H15ClF3N9O/c22-10-3-4-11(23)16-13(10)20(35)34(12-5-6-28-33-12)19(30-16)14(8-1-2-8)29-18-9(7-26)15(17(24)25)31-21(27)32-18/h3-6,8,14,17H,1-2H2,(H,28,33)(H3,27,29,31,32). The van der Waals surface area contributed by atoms with Gasteiger partial charge in [0.2, 0.25) is 5.95 Å². The van der Waals surface area contributed by atoms with E-state index in [-0.39, 0.29) is 39.3 Å². The predicted molar refractivity (Wildman–Crippen MR) is 120 cm³/mol. The molecule has 0 spiro atoms. The molecule has 1 aromatic carbocycles. The minimum absolute atomic E-state index is 0.00608. The van der Waals surface area contributed by atoms with E-state index in [4.69, 9.17) is 17.3 Å². The maximum Gasteiger partial charge on any atom is 0.281 e. The van der Waals surface area contributed by atoms with Crippen molar-refractivity contribution in [3.05, 3.63) is 62.7 Å². The van der Waals surface area contributed by atoms with Crippen LogP contribution in [-0.2, 0) is 0 Å². The fraction of sp³-hybridized carbons (Fsp3) is 0.238. The van der Waals surface area contributed by atoms with Crippen LogP contribution in [0.3, 0.4) is 0 Å². The van der Waals surface area contributed by atoms with E-state index >= 15 is 0 Å². The number of hydrogen-bond acceptors (Lipinski definition) is 8. The van der Waals surface area contributed by atoms with Gasteiger partial charge in [-0.1, -0.05) is 11.6 Å². The number of nitrogens with one attached hydrogen (secondary N) is 2. The fourth-order valence-corrected chi connectivity index (χ4v) is 4.12. The molecule has 178 valence electrons. The van der Waals surface area contributed by atoms with Gasteiger partial charge < -0.3 is 11.1 Å². The van der Waals surface area contributed by atoms with Gasteiger partial charge in [0.1, 0.15) is 40.3 Å². The summed E-state index contributed by atoms with van der Waals surface area (Å²) in [5.41, 5.74) is 3.38. The molecule has 0 amide bonds. The van der Waals surface area contributed by atoms with Gasteiger partial charge in [0, 0.05) is 6.07 Å². The summed E-state index contributed by atoms with van der Waals surface area (Å²) >= 11 is 6.21. The number of aromatic amines is 1. The van der Waals surface area contributed by atoms with Crippen molar-refractivity contribution in [2.75, 3.05) is 11.1 Å². The molecule has 14 heteroatoms. The van der Waals surface area contributed by atoms with Gasteiger partial charge in [-0.05, 0) is 30.9 Å². The molecule has 0 radical (unpaired) electrons. The molecule has 5 rings (SSSR count). The van der Waals surface area contributed by atoms with Gasteiger partial charge in [-0.2, -0.15) is 15.3 Å². The van der Waals surface area contributed by atoms with Crippen molar-refractivity contribution in [1.82, 2.24) is 29.7 Å². The first-order valence-electron chi connectivity index (χ1n) is 10.3. The monoisotopic (exact) mass is 501 g/mol. The Morgan fingerprint density at radius 2 is 2.03 bits per heavy atom. The van der Waals surface area contributed by atoms with Crippen molar-refractivity contribution in [1.29, 1.82) is 5.26 Å². The van der Waals surface area contributed by atoms with Crippen molar-refractivity contribution in [2.45, 2.75) is 25.3 Å². The van der Waals surface area contributed by atoms with E-state index in [0.29, 0.717) is 12.8 Å². The Labute approximate surface area is 199 Å². The van der Waals surface area contributed by atoms with Crippen LogP contribution in [-0.4, -0.2) is 29.7 Å². The third-order valence-electron chi connectivity index (χ3n) is 5.61. The molecule has 0 saturated heterocycles. The highest BCUT2D eigenvalue weighted by Gasteiger charge is 2.38. The maximum atomic E-state index is 14.7. The number of nitrogens with zero attached hydrogens (tertiary/aromatic N) is 6. The minimum atomic E-state index is -3.08. The largest absolute Gasteiger partial charge is 0.368 e. The van der Waals surface area contributed by atoms with Crippen LogP contribution in [0.4, 0.5) is 24.9 Å². The first-order valence-corrected chi connectivity index (χ1v) is 10.7. The zero-order valence-electron chi connectivity index (χ0n) is 17.6. The van der Waals surface area contributed by atoms with Gasteiger partial charge in [-0.25, -0.2) is 27.7 Å². The van der Waals surface area contributed by atoms with Gasteiger partial charge in [0.25, 0.3) is 12.0 Å². The highest BCUT2D eigenvalue weighted by Crippen LogP contribution is 2.43. The highest BCUT2D eigenvalue weighted by molar-refractivity contribution is 6.35. The number of nitrogens with two attached hydrogens (primary N) is 1. The SMILES string of the molecule is N#Cc1c(NC(c2nc3c(F)ccc(Cl)c3c(=O)n2-c2ccn[nH]2)C2CC2)nc(N)nc1C(F)F. The molecule has 0 bridgehead atoms. The third-order valence-corrected chi connectivity index (χ3v) is 5.93. The van der Waals surface area contributed by atoms with Crippen LogP contribution in [0, 0.1) is 23.1 Å². The average molecular weight is 502 g/mol. The smallest absolute Gasteiger partial charge is 0.281 e. The normalized spacial score (nSPS) is 14.3. The molecule has 10 nitrogen and oxygen atoms in total. The minimum Gasteiger partial charge on any atom is -0.368 e. The zero-order valence-corrected chi connectivity index (χ0v) is 18.4. The highest BCUT2D eigenvalue weighted by atomic mass is 35.5. The van der Waals surface area contributed by atoms with Crippen LogP contribution < -0.4 is 16.6 Å². The summed E-state index contributed by atoms with van der Waals surface area (Å²) < 4.78 is 43.0. The molecular formula is C21H15ClF3N9O. The topological polar surface area (TPSA) is 151 Å². The quantitative estimate of drug-likeness (QED) is 0.362. The van der Waals surface area contributed by atoms with Gasteiger partial charge >= 0.3 is 0 Å². The number of halogens is 4. The third kappa shape index (κ3) is 3.91. The number of alkyl halides is 2. The number of nitrogen functional groups attached to an aromatic ring is 1. The van der Waals surface area contributed by atoms with Crippen LogP contribution in [0.1, 0.15) is 42.4 Å². The molecule has 0 aliphatic heterocycles. The van der Waals surface area contributed by atoms with Crippen molar-refractivity contribution < 1.29 is 13.2 Å². The van der Waals surface area contributed by atoms with Gasteiger partial charge in [0.15, 0.2) is 5.82 Å². The Balaban J connectivity index is 1.76. The molecule has 1 atom stereocenters. The van der Waals surface area contributed by atoms with Crippen molar-refractivity contribution in [2.24, 2.45) is 5.92 Å². The summed E-state index contributed by atoms with van der Waals surface area (Å²) in [4.78, 5) is 25.4. The number of aromatic nitrogens is 6. The molecule has 3 heterocycles. The van der Waals surface area contributed by atoms with Crippen LogP contribution >= 0.6 is 11.6 Å². The lowest BCUT2D eigenvalue weighted by Crippen LogP contribution is -2.30.